The molecule has 0 bridgehead atoms. The average Bonchev–Trinajstić information content (AvgIpc) is 3.44. The van der Waals surface area contributed by atoms with Gasteiger partial charge in [-0.1, -0.05) is 36.4 Å². The number of fused-ring (bicyclic) bond motifs is 3. The molecule has 0 unspecified atom stereocenters. The molecular formula is C26H21NO5. The minimum Gasteiger partial charge on any atom is -0.488 e. The van der Waals surface area contributed by atoms with Gasteiger partial charge >= 0.3 is 5.97 Å². The lowest BCUT2D eigenvalue weighted by atomic mass is 9.97. The van der Waals surface area contributed by atoms with Crippen LogP contribution in [0.5, 0.6) is 5.75 Å². The summed E-state index contributed by atoms with van der Waals surface area (Å²) in [5.41, 5.74) is 11.7. The Hall–Kier alpha value is -4.03. The summed E-state index contributed by atoms with van der Waals surface area (Å²) in [5.74, 6) is -0.362. The van der Waals surface area contributed by atoms with Gasteiger partial charge in [0.05, 0.1) is 18.9 Å². The number of nitrogens with two attached hydrogens (primary N) is 1. The van der Waals surface area contributed by atoms with E-state index >= 15 is 0 Å². The minimum absolute atomic E-state index is 0.100. The molecule has 0 spiro atoms. The number of para-hydroxylation sites is 1. The number of benzene rings is 3. The predicted molar refractivity (Wildman–Crippen MR) is 121 cm³/mol. The maximum atomic E-state index is 11.2. The van der Waals surface area contributed by atoms with Crippen LogP contribution in [0.3, 0.4) is 0 Å². The standard InChI is InChI=1S/C26H21NO5/c27-13-16-4-3-6-17(10-16)21-12-22-19(15-32-26(22)25-20(21)8-9-30-25)14-31-23-7-2-1-5-18(23)11-24(28)29/h1-10,12,15H,11,13-14,27H2,(H,28,29). The first-order valence-corrected chi connectivity index (χ1v) is 10.3. The smallest absolute Gasteiger partial charge is 0.307 e. The number of hydrogen-bond acceptors (Lipinski definition) is 5. The van der Waals surface area contributed by atoms with Crippen LogP contribution in [0.2, 0.25) is 0 Å². The van der Waals surface area contributed by atoms with Crippen LogP contribution in [0.1, 0.15) is 16.7 Å². The summed E-state index contributed by atoms with van der Waals surface area (Å²) in [4.78, 5) is 11.2. The van der Waals surface area contributed by atoms with Crippen LogP contribution >= 0.6 is 0 Å². The topological polar surface area (TPSA) is 98.8 Å². The molecule has 2 heterocycles. The summed E-state index contributed by atoms with van der Waals surface area (Å²) in [7, 11) is 0. The highest BCUT2D eigenvalue weighted by molar-refractivity contribution is 6.09. The summed E-state index contributed by atoms with van der Waals surface area (Å²) in [6.45, 7) is 0.698. The Bertz CT molecular complexity index is 1430. The van der Waals surface area contributed by atoms with E-state index in [-0.39, 0.29) is 13.0 Å². The van der Waals surface area contributed by atoms with Gasteiger partial charge < -0.3 is 24.4 Å². The summed E-state index contributed by atoms with van der Waals surface area (Å²) in [5, 5.41) is 11.0. The lowest BCUT2D eigenvalue weighted by Gasteiger charge is -2.10. The number of carboxylic acids is 1. The zero-order valence-corrected chi connectivity index (χ0v) is 17.2. The molecule has 32 heavy (non-hydrogen) atoms. The van der Waals surface area contributed by atoms with Crippen molar-refractivity contribution in [2.24, 2.45) is 5.73 Å². The molecular weight excluding hydrogens is 406 g/mol. The van der Waals surface area contributed by atoms with Crippen LogP contribution in [-0.2, 0) is 24.4 Å². The van der Waals surface area contributed by atoms with Crippen molar-refractivity contribution in [3.63, 3.8) is 0 Å². The van der Waals surface area contributed by atoms with Crippen molar-refractivity contribution in [3.8, 4) is 16.9 Å². The molecule has 0 atom stereocenters. The van der Waals surface area contributed by atoms with Crippen LogP contribution < -0.4 is 10.5 Å². The van der Waals surface area contributed by atoms with Crippen molar-refractivity contribution in [3.05, 3.63) is 89.9 Å². The third-order valence-electron chi connectivity index (χ3n) is 5.53. The number of carbonyl (C=O) groups is 1. The summed E-state index contributed by atoms with van der Waals surface area (Å²) >= 11 is 0. The molecule has 0 amide bonds. The highest BCUT2D eigenvalue weighted by Gasteiger charge is 2.17. The molecule has 2 aromatic heterocycles. The average molecular weight is 427 g/mol. The van der Waals surface area contributed by atoms with E-state index in [1.54, 1.807) is 30.7 Å². The van der Waals surface area contributed by atoms with Crippen LogP contribution in [0, 0.1) is 0 Å². The van der Waals surface area contributed by atoms with Crippen molar-refractivity contribution in [1.82, 2.24) is 0 Å². The van der Waals surface area contributed by atoms with E-state index in [1.165, 1.54) is 0 Å². The van der Waals surface area contributed by atoms with E-state index in [1.807, 2.05) is 30.3 Å². The molecule has 6 nitrogen and oxygen atoms in total. The fourth-order valence-electron chi connectivity index (χ4n) is 3.98. The van der Waals surface area contributed by atoms with E-state index in [9.17, 15) is 4.79 Å². The van der Waals surface area contributed by atoms with Gasteiger partial charge in [0.15, 0.2) is 11.2 Å². The molecule has 0 aliphatic rings. The summed E-state index contributed by atoms with van der Waals surface area (Å²) in [6.07, 6.45) is 3.21. The van der Waals surface area contributed by atoms with Gasteiger partial charge in [0.25, 0.3) is 0 Å². The molecule has 0 radical (unpaired) electrons. The number of aliphatic carboxylic acids is 1. The first kappa shape index (κ1) is 19.9. The van der Waals surface area contributed by atoms with Gasteiger partial charge in [-0.05, 0) is 41.0 Å². The second kappa shape index (κ2) is 8.24. The third kappa shape index (κ3) is 3.61. The van der Waals surface area contributed by atoms with E-state index < -0.39 is 5.97 Å². The Labute approximate surface area is 183 Å². The zero-order chi connectivity index (χ0) is 22.1. The first-order chi connectivity index (χ1) is 15.6. The lowest BCUT2D eigenvalue weighted by molar-refractivity contribution is -0.136. The van der Waals surface area contributed by atoms with E-state index in [2.05, 4.69) is 12.1 Å². The molecule has 5 aromatic rings. The Morgan fingerprint density at radius 1 is 0.938 bits per heavy atom. The maximum Gasteiger partial charge on any atom is 0.307 e. The molecule has 3 N–H and O–H groups in total. The van der Waals surface area contributed by atoms with Crippen LogP contribution in [0.4, 0.5) is 0 Å². The first-order valence-electron chi connectivity index (χ1n) is 10.3. The summed E-state index contributed by atoms with van der Waals surface area (Å²) in [6, 6.07) is 19.3. The van der Waals surface area contributed by atoms with Crippen LogP contribution in [0.15, 0.2) is 82.0 Å². The molecule has 0 fully saturated rings. The molecule has 3 aromatic carbocycles. The van der Waals surface area contributed by atoms with E-state index in [4.69, 9.17) is 24.4 Å². The number of carboxylic acid groups (broad SMARTS) is 1. The van der Waals surface area contributed by atoms with Gasteiger partial charge in [-0.2, -0.15) is 0 Å². The highest BCUT2D eigenvalue weighted by Crippen LogP contribution is 2.38. The van der Waals surface area contributed by atoms with Crippen molar-refractivity contribution < 1.29 is 23.5 Å². The molecule has 0 aliphatic heterocycles. The highest BCUT2D eigenvalue weighted by atomic mass is 16.5. The zero-order valence-electron chi connectivity index (χ0n) is 17.2. The van der Waals surface area contributed by atoms with Crippen molar-refractivity contribution in [2.45, 2.75) is 19.6 Å². The lowest BCUT2D eigenvalue weighted by Crippen LogP contribution is -2.04. The van der Waals surface area contributed by atoms with Gasteiger partial charge in [0.2, 0.25) is 0 Å². The molecule has 0 saturated heterocycles. The molecule has 0 saturated carbocycles. The van der Waals surface area contributed by atoms with Gasteiger partial charge in [0, 0.05) is 28.4 Å². The van der Waals surface area contributed by atoms with Gasteiger partial charge in [-0.3, -0.25) is 4.79 Å². The molecule has 160 valence electrons. The van der Waals surface area contributed by atoms with Crippen LogP contribution in [0.25, 0.3) is 33.1 Å². The maximum absolute atomic E-state index is 11.2. The monoisotopic (exact) mass is 427 g/mol. The van der Waals surface area contributed by atoms with Gasteiger partial charge in [-0.25, -0.2) is 0 Å². The number of hydrogen-bond donors (Lipinski definition) is 2. The Kier molecular flexibility index (Phi) is 5.13. The van der Waals surface area contributed by atoms with E-state index in [0.717, 1.165) is 33.0 Å². The number of rotatable bonds is 7. The van der Waals surface area contributed by atoms with Crippen molar-refractivity contribution in [1.29, 1.82) is 0 Å². The SMILES string of the molecule is NCc1cccc(-c2cc3c(COc4ccccc4CC(=O)O)coc3c3occc23)c1. The van der Waals surface area contributed by atoms with E-state index in [0.29, 0.717) is 29.0 Å². The Balaban J connectivity index is 1.55. The minimum atomic E-state index is -0.903. The fraction of sp³-hybridized carbons (Fsp3) is 0.115. The summed E-state index contributed by atoms with van der Waals surface area (Å²) < 4.78 is 17.6. The Morgan fingerprint density at radius 3 is 2.62 bits per heavy atom. The largest absolute Gasteiger partial charge is 0.488 e. The van der Waals surface area contributed by atoms with Gasteiger partial charge in [0.1, 0.15) is 12.4 Å². The normalized spacial score (nSPS) is 11.3. The quantitative estimate of drug-likeness (QED) is 0.355. The predicted octanol–water partition coefficient (Wildman–Crippen LogP) is 5.51. The van der Waals surface area contributed by atoms with Crippen molar-refractivity contribution >= 4 is 27.9 Å². The second-order valence-electron chi connectivity index (χ2n) is 7.60. The van der Waals surface area contributed by atoms with Gasteiger partial charge in [-0.15, -0.1) is 0 Å². The third-order valence-corrected chi connectivity index (χ3v) is 5.53. The molecule has 0 aliphatic carbocycles. The number of furan rings is 2. The molecule has 5 rings (SSSR count). The fourth-order valence-corrected chi connectivity index (χ4v) is 3.98. The number of ether oxygens (including phenoxy) is 1. The molecule has 6 heteroatoms. The second-order valence-corrected chi connectivity index (χ2v) is 7.60. The van der Waals surface area contributed by atoms with Crippen LogP contribution in [-0.4, -0.2) is 11.1 Å². The Morgan fingerprint density at radius 2 is 1.78 bits per heavy atom. The van der Waals surface area contributed by atoms with Crippen molar-refractivity contribution in [2.75, 3.05) is 0 Å².